The van der Waals surface area contributed by atoms with Crippen LogP contribution in [0, 0.1) is 0 Å². The van der Waals surface area contributed by atoms with Gasteiger partial charge in [0, 0.05) is 19.0 Å². The molecule has 0 aliphatic heterocycles. The summed E-state index contributed by atoms with van der Waals surface area (Å²) in [6, 6.07) is 15.9. The second-order valence-electron chi connectivity index (χ2n) is 5.46. The van der Waals surface area contributed by atoms with E-state index in [-0.39, 0.29) is 11.9 Å². The number of nitrogens with one attached hydrogen (secondary N) is 2. The summed E-state index contributed by atoms with van der Waals surface area (Å²) in [5, 5.41) is 6.15. The number of anilines is 2. The molecular formula is C18H22N2O2. The SMILES string of the molecule is CC(=O)Nc1ccc(OCc2ccccc2)cc1NC(C)C. The normalized spacial score (nSPS) is 10.4. The minimum atomic E-state index is -0.0928. The fourth-order valence-electron chi connectivity index (χ4n) is 2.08. The van der Waals surface area contributed by atoms with Gasteiger partial charge in [-0.2, -0.15) is 0 Å². The summed E-state index contributed by atoms with van der Waals surface area (Å²) in [5.74, 6) is 0.672. The largest absolute Gasteiger partial charge is 0.489 e. The van der Waals surface area contributed by atoms with Crippen LogP contribution in [0.15, 0.2) is 48.5 Å². The van der Waals surface area contributed by atoms with Crippen molar-refractivity contribution >= 4 is 17.3 Å². The number of rotatable bonds is 6. The average Bonchev–Trinajstić information content (AvgIpc) is 2.47. The topological polar surface area (TPSA) is 50.4 Å². The van der Waals surface area contributed by atoms with Gasteiger partial charge in [0.05, 0.1) is 11.4 Å². The van der Waals surface area contributed by atoms with Crippen molar-refractivity contribution in [3.63, 3.8) is 0 Å². The lowest BCUT2D eigenvalue weighted by atomic mass is 10.2. The Morgan fingerprint density at radius 3 is 2.45 bits per heavy atom. The number of amides is 1. The molecule has 0 saturated carbocycles. The lowest BCUT2D eigenvalue weighted by Crippen LogP contribution is -2.14. The molecule has 0 spiro atoms. The smallest absolute Gasteiger partial charge is 0.221 e. The van der Waals surface area contributed by atoms with Gasteiger partial charge in [0.1, 0.15) is 12.4 Å². The molecule has 0 atom stereocenters. The molecule has 0 unspecified atom stereocenters. The van der Waals surface area contributed by atoms with E-state index in [1.165, 1.54) is 6.92 Å². The van der Waals surface area contributed by atoms with Crippen LogP contribution in [0.25, 0.3) is 0 Å². The Labute approximate surface area is 131 Å². The maximum Gasteiger partial charge on any atom is 0.221 e. The Kier molecular flexibility index (Phi) is 5.42. The van der Waals surface area contributed by atoms with E-state index in [0.717, 1.165) is 22.7 Å². The van der Waals surface area contributed by atoms with E-state index < -0.39 is 0 Å². The van der Waals surface area contributed by atoms with Gasteiger partial charge in [0.15, 0.2) is 0 Å². The van der Waals surface area contributed by atoms with Crippen LogP contribution in [0.3, 0.4) is 0 Å². The number of hydrogen-bond acceptors (Lipinski definition) is 3. The number of carbonyl (C=O) groups is 1. The highest BCUT2D eigenvalue weighted by atomic mass is 16.5. The highest BCUT2D eigenvalue weighted by molar-refractivity contribution is 5.92. The van der Waals surface area contributed by atoms with Crippen LogP contribution in [0.4, 0.5) is 11.4 Å². The van der Waals surface area contributed by atoms with E-state index in [1.807, 2.05) is 48.5 Å². The molecule has 2 aromatic rings. The first kappa shape index (κ1) is 15.9. The van der Waals surface area contributed by atoms with Gasteiger partial charge in [0.25, 0.3) is 0 Å². The lowest BCUT2D eigenvalue weighted by molar-refractivity contribution is -0.114. The van der Waals surface area contributed by atoms with Crippen LogP contribution in [0.1, 0.15) is 26.3 Å². The molecule has 0 aliphatic carbocycles. The summed E-state index contributed by atoms with van der Waals surface area (Å²) >= 11 is 0. The van der Waals surface area contributed by atoms with E-state index in [1.54, 1.807) is 0 Å². The predicted molar refractivity (Wildman–Crippen MR) is 90.3 cm³/mol. The van der Waals surface area contributed by atoms with Crippen LogP contribution in [-0.4, -0.2) is 11.9 Å². The minimum Gasteiger partial charge on any atom is -0.489 e. The Hall–Kier alpha value is -2.49. The molecule has 0 aromatic heterocycles. The number of hydrogen-bond donors (Lipinski definition) is 2. The third kappa shape index (κ3) is 4.81. The molecule has 0 heterocycles. The fourth-order valence-corrected chi connectivity index (χ4v) is 2.08. The van der Waals surface area contributed by atoms with E-state index in [2.05, 4.69) is 24.5 Å². The third-order valence-corrected chi connectivity index (χ3v) is 2.99. The van der Waals surface area contributed by atoms with Crippen molar-refractivity contribution in [2.24, 2.45) is 0 Å². The van der Waals surface area contributed by atoms with Crippen molar-refractivity contribution in [1.82, 2.24) is 0 Å². The van der Waals surface area contributed by atoms with Crippen LogP contribution in [0.5, 0.6) is 5.75 Å². The minimum absolute atomic E-state index is 0.0928. The Morgan fingerprint density at radius 2 is 1.82 bits per heavy atom. The van der Waals surface area contributed by atoms with Gasteiger partial charge in [-0.15, -0.1) is 0 Å². The van der Waals surface area contributed by atoms with Crippen LogP contribution in [-0.2, 0) is 11.4 Å². The van der Waals surface area contributed by atoms with Crippen molar-refractivity contribution in [2.75, 3.05) is 10.6 Å². The molecule has 2 aromatic carbocycles. The first-order chi connectivity index (χ1) is 10.5. The zero-order chi connectivity index (χ0) is 15.9. The van der Waals surface area contributed by atoms with Gasteiger partial charge in [-0.25, -0.2) is 0 Å². The van der Waals surface area contributed by atoms with Crippen LogP contribution < -0.4 is 15.4 Å². The van der Waals surface area contributed by atoms with Crippen molar-refractivity contribution in [1.29, 1.82) is 0 Å². The van der Waals surface area contributed by atoms with E-state index in [9.17, 15) is 4.79 Å². The molecule has 1 amide bonds. The molecule has 4 nitrogen and oxygen atoms in total. The van der Waals surface area contributed by atoms with Gasteiger partial charge in [0.2, 0.25) is 5.91 Å². The number of carbonyl (C=O) groups excluding carboxylic acids is 1. The Balaban J connectivity index is 2.13. The summed E-state index contributed by atoms with van der Waals surface area (Å²) in [6.07, 6.45) is 0. The monoisotopic (exact) mass is 298 g/mol. The third-order valence-electron chi connectivity index (χ3n) is 2.99. The van der Waals surface area contributed by atoms with Crippen LogP contribution >= 0.6 is 0 Å². The quantitative estimate of drug-likeness (QED) is 0.846. The molecule has 116 valence electrons. The highest BCUT2D eigenvalue weighted by Crippen LogP contribution is 2.28. The summed E-state index contributed by atoms with van der Waals surface area (Å²) in [6.45, 7) is 6.12. The van der Waals surface area contributed by atoms with Crippen LogP contribution in [0.2, 0.25) is 0 Å². The number of ether oxygens (including phenoxy) is 1. The average molecular weight is 298 g/mol. The van der Waals surface area contributed by atoms with E-state index in [0.29, 0.717) is 6.61 Å². The first-order valence-corrected chi connectivity index (χ1v) is 7.39. The van der Waals surface area contributed by atoms with Gasteiger partial charge in [-0.3, -0.25) is 4.79 Å². The summed E-state index contributed by atoms with van der Waals surface area (Å²) in [7, 11) is 0. The second-order valence-corrected chi connectivity index (χ2v) is 5.46. The highest BCUT2D eigenvalue weighted by Gasteiger charge is 2.07. The fraction of sp³-hybridized carbons (Fsp3) is 0.278. The summed E-state index contributed by atoms with van der Waals surface area (Å²) < 4.78 is 5.82. The molecule has 0 radical (unpaired) electrons. The Morgan fingerprint density at radius 1 is 1.09 bits per heavy atom. The summed E-state index contributed by atoms with van der Waals surface area (Å²) in [5.41, 5.74) is 2.73. The lowest BCUT2D eigenvalue weighted by Gasteiger charge is -2.17. The van der Waals surface area contributed by atoms with Crippen molar-refractivity contribution in [3.8, 4) is 5.75 Å². The summed E-state index contributed by atoms with van der Waals surface area (Å²) in [4.78, 5) is 11.3. The molecule has 0 aliphatic rings. The van der Waals surface area contributed by atoms with Crippen molar-refractivity contribution in [2.45, 2.75) is 33.4 Å². The maximum atomic E-state index is 11.3. The second kappa shape index (κ2) is 7.50. The molecular weight excluding hydrogens is 276 g/mol. The molecule has 0 fully saturated rings. The van der Waals surface area contributed by atoms with Gasteiger partial charge in [-0.1, -0.05) is 30.3 Å². The van der Waals surface area contributed by atoms with E-state index >= 15 is 0 Å². The molecule has 2 rings (SSSR count). The standard InChI is InChI=1S/C18H22N2O2/c1-13(2)19-18-11-16(9-10-17(18)20-14(3)21)22-12-15-7-5-4-6-8-15/h4-11,13,19H,12H2,1-3H3,(H,20,21). The molecule has 2 N–H and O–H groups in total. The zero-order valence-electron chi connectivity index (χ0n) is 13.2. The Bertz CT molecular complexity index is 624. The predicted octanol–water partition coefficient (Wildman–Crippen LogP) is 4.04. The zero-order valence-corrected chi connectivity index (χ0v) is 13.2. The molecule has 22 heavy (non-hydrogen) atoms. The van der Waals surface area contributed by atoms with Crippen molar-refractivity contribution < 1.29 is 9.53 Å². The molecule has 0 bridgehead atoms. The van der Waals surface area contributed by atoms with E-state index in [4.69, 9.17) is 4.74 Å². The molecule has 4 heteroatoms. The number of benzene rings is 2. The maximum absolute atomic E-state index is 11.3. The van der Waals surface area contributed by atoms with Gasteiger partial charge >= 0.3 is 0 Å². The van der Waals surface area contributed by atoms with Crippen molar-refractivity contribution in [3.05, 3.63) is 54.1 Å². The molecule has 0 saturated heterocycles. The van der Waals surface area contributed by atoms with Gasteiger partial charge in [-0.05, 0) is 31.5 Å². The first-order valence-electron chi connectivity index (χ1n) is 7.39. The van der Waals surface area contributed by atoms with Gasteiger partial charge < -0.3 is 15.4 Å².